The highest BCUT2D eigenvalue weighted by molar-refractivity contribution is 5.20. The number of hydrogen-bond donors (Lipinski definition) is 1. The molecule has 1 aromatic rings. The highest BCUT2D eigenvalue weighted by Crippen LogP contribution is 2.21. The minimum absolute atomic E-state index is 0.0961. The molecular formula is C11H17N3. The second-order valence-electron chi connectivity index (χ2n) is 3.88. The average molecular weight is 191 g/mol. The smallest absolute Gasteiger partial charge is 0.123 e. The first kappa shape index (κ1) is 10.8. The van der Waals surface area contributed by atoms with Crippen LogP contribution in [0.1, 0.15) is 56.2 Å². The van der Waals surface area contributed by atoms with Crippen molar-refractivity contribution in [2.24, 2.45) is 0 Å². The van der Waals surface area contributed by atoms with Gasteiger partial charge in [0.15, 0.2) is 0 Å². The fraction of sp³-hybridized carbons (Fsp3) is 0.636. The molecule has 3 nitrogen and oxygen atoms in total. The average Bonchev–Trinajstić information content (AvgIpc) is 2.50. The van der Waals surface area contributed by atoms with Gasteiger partial charge in [0.05, 0.1) is 11.8 Å². The molecule has 0 aliphatic rings. The quantitative estimate of drug-likeness (QED) is 0.798. The molecule has 0 saturated carbocycles. The molecule has 14 heavy (non-hydrogen) atoms. The number of hydrogen-bond acceptors (Lipinski definition) is 2. The molecule has 0 aromatic carbocycles. The number of imidazole rings is 1. The van der Waals surface area contributed by atoms with Gasteiger partial charge in [-0.25, -0.2) is 4.98 Å². The van der Waals surface area contributed by atoms with Crippen LogP contribution in [0.2, 0.25) is 0 Å². The summed E-state index contributed by atoms with van der Waals surface area (Å²) in [5.74, 6) is 1.13. The summed E-state index contributed by atoms with van der Waals surface area (Å²) in [6, 6.07) is 2.25. The second kappa shape index (κ2) is 4.28. The normalized spacial score (nSPS) is 12.9. The van der Waals surface area contributed by atoms with E-state index in [0.717, 1.165) is 23.6 Å². The van der Waals surface area contributed by atoms with Gasteiger partial charge in [-0.3, -0.25) is 0 Å². The fourth-order valence-corrected chi connectivity index (χ4v) is 1.57. The first-order valence-electron chi connectivity index (χ1n) is 5.06. The Balaban J connectivity index is 3.02. The van der Waals surface area contributed by atoms with E-state index in [1.54, 1.807) is 0 Å². The number of nitriles is 1. The highest BCUT2D eigenvalue weighted by atomic mass is 14.9. The lowest BCUT2D eigenvalue weighted by molar-refractivity contribution is 0.751. The standard InChI is InChI=1S/C11H17N3/c1-5-9(6-12)11-13-8(4)10(14-11)7(2)3/h7,9H,5H2,1-4H3,(H,13,14). The first-order chi connectivity index (χ1) is 6.60. The van der Waals surface area contributed by atoms with E-state index in [-0.39, 0.29) is 5.92 Å². The third-order valence-electron chi connectivity index (χ3n) is 2.38. The maximum Gasteiger partial charge on any atom is 0.123 e. The molecule has 0 bridgehead atoms. The maximum atomic E-state index is 8.91. The van der Waals surface area contributed by atoms with Crippen molar-refractivity contribution in [3.05, 3.63) is 17.2 Å². The van der Waals surface area contributed by atoms with E-state index in [4.69, 9.17) is 5.26 Å². The number of nitrogens with zero attached hydrogens (tertiary/aromatic N) is 2. The summed E-state index contributed by atoms with van der Waals surface area (Å²) in [6.45, 7) is 8.23. The largest absolute Gasteiger partial charge is 0.345 e. The molecule has 0 spiro atoms. The number of aryl methyl sites for hydroxylation is 1. The molecule has 0 fully saturated rings. The van der Waals surface area contributed by atoms with Gasteiger partial charge < -0.3 is 4.98 Å². The molecule has 1 rings (SSSR count). The van der Waals surface area contributed by atoms with Gasteiger partial charge >= 0.3 is 0 Å². The number of aromatic nitrogens is 2. The van der Waals surface area contributed by atoms with Crippen LogP contribution >= 0.6 is 0 Å². The predicted octanol–water partition coefficient (Wildman–Crippen LogP) is 2.86. The summed E-state index contributed by atoms with van der Waals surface area (Å²) in [6.07, 6.45) is 0.807. The van der Waals surface area contributed by atoms with E-state index in [1.165, 1.54) is 0 Å². The zero-order valence-electron chi connectivity index (χ0n) is 9.26. The Hall–Kier alpha value is -1.30. The van der Waals surface area contributed by atoms with Crippen molar-refractivity contribution in [1.29, 1.82) is 5.26 Å². The summed E-state index contributed by atoms with van der Waals surface area (Å²) in [5.41, 5.74) is 2.16. The molecule has 1 heterocycles. The second-order valence-corrected chi connectivity index (χ2v) is 3.88. The van der Waals surface area contributed by atoms with Crippen molar-refractivity contribution in [3.8, 4) is 6.07 Å². The number of aromatic amines is 1. The highest BCUT2D eigenvalue weighted by Gasteiger charge is 2.16. The van der Waals surface area contributed by atoms with Crippen molar-refractivity contribution in [3.63, 3.8) is 0 Å². The molecule has 0 saturated heterocycles. The van der Waals surface area contributed by atoms with Gasteiger partial charge in [-0.2, -0.15) is 5.26 Å². The summed E-state index contributed by atoms with van der Waals surface area (Å²) in [4.78, 5) is 7.67. The SMILES string of the molecule is CCC(C#N)c1nc(C(C)C)c(C)[nH]1. The van der Waals surface area contributed by atoms with Crippen LogP contribution < -0.4 is 0 Å². The summed E-state index contributed by atoms with van der Waals surface area (Å²) in [5, 5.41) is 8.91. The van der Waals surface area contributed by atoms with E-state index < -0.39 is 0 Å². The number of rotatable bonds is 3. The van der Waals surface area contributed by atoms with E-state index in [2.05, 4.69) is 29.9 Å². The molecule has 1 unspecified atom stereocenters. The van der Waals surface area contributed by atoms with Gasteiger partial charge in [-0.1, -0.05) is 20.8 Å². The fourth-order valence-electron chi connectivity index (χ4n) is 1.57. The summed E-state index contributed by atoms with van der Waals surface area (Å²) < 4.78 is 0. The Morgan fingerprint density at radius 1 is 1.50 bits per heavy atom. The van der Waals surface area contributed by atoms with Crippen molar-refractivity contribution in [2.45, 2.75) is 46.0 Å². The van der Waals surface area contributed by atoms with Gasteiger partial charge in [-0.05, 0) is 19.3 Å². The van der Waals surface area contributed by atoms with E-state index >= 15 is 0 Å². The van der Waals surface area contributed by atoms with Gasteiger partial charge in [0, 0.05) is 5.69 Å². The predicted molar refractivity (Wildman–Crippen MR) is 56.1 cm³/mol. The van der Waals surface area contributed by atoms with Crippen LogP contribution in [0.3, 0.4) is 0 Å². The van der Waals surface area contributed by atoms with Crippen LogP contribution in [-0.2, 0) is 0 Å². The van der Waals surface area contributed by atoms with Crippen molar-refractivity contribution < 1.29 is 0 Å². The van der Waals surface area contributed by atoms with E-state index in [1.807, 2.05) is 13.8 Å². The van der Waals surface area contributed by atoms with Crippen molar-refractivity contribution in [1.82, 2.24) is 9.97 Å². The lowest BCUT2D eigenvalue weighted by atomic mass is 10.1. The van der Waals surface area contributed by atoms with Gasteiger partial charge in [0.2, 0.25) is 0 Å². The van der Waals surface area contributed by atoms with Crippen LogP contribution in [0.15, 0.2) is 0 Å². The Morgan fingerprint density at radius 2 is 2.14 bits per heavy atom. The van der Waals surface area contributed by atoms with Gasteiger partial charge in [0.25, 0.3) is 0 Å². The van der Waals surface area contributed by atoms with Crippen molar-refractivity contribution in [2.75, 3.05) is 0 Å². The molecule has 1 N–H and O–H groups in total. The molecule has 0 aliphatic heterocycles. The third kappa shape index (κ3) is 1.95. The molecule has 3 heteroatoms. The van der Waals surface area contributed by atoms with Crippen LogP contribution in [-0.4, -0.2) is 9.97 Å². The first-order valence-corrected chi connectivity index (χ1v) is 5.06. The molecule has 1 atom stereocenters. The lowest BCUT2D eigenvalue weighted by Gasteiger charge is -2.00. The molecule has 76 valence electrons. The monoisotopic (exact) mass is 191 g/mol. The van der Waals surface area contributed by atoms with Crippen LogP contribution in [0.25, 0.3) is 0 Å². The summed E-state index contributed by atoms with van der Waals surface area (Å²) in [7, 11) is 0. The maximum absolute atomic E-state index is 8.91. The van der Waals surface area contributed by atoms with E-state index in [0.29, 0.717) is 5.92 Å². The molecule has 0 aliphatic carbocycles. The van der Waals surface area contributed by atoms with Crippen LogP contribution in [0, 0.1) is 18.3 Å². The zero-order chi connectivity index (χ0) is 10.7. The number of H-pyrrole nitrogens is 1. The molecule has 0 radical (unpaired) electrons. The molecule has 1 aromatic heterocycles. The van der Waals surface area contributed by atoms with Crippen molar-refractivity contribution >= 4 is 0 Å². The Labute approximate surface area is 85.2 Å². The summed E-state index contributed by atoms with van der Waals surface area (Å²) >= 11 is 0. The van der Waals surface area contributed by atoms with Crippen LogP contribution in [0.5, 0.6) is 0 Å². The number of nitrogens with one attached hydrogen (secondary N) is 1. The Kier molecular flexibility index (Phi) is 3.29. The van der Waals surface area contributed by atoms with Gasteiger partial charge in [-0.15, -0.1) is 0 Å². The van der Waals surface area contributed by atoms with E-state index in [9.17, 15) is 0 Å². The minimum atomic E-state index is -0.0961. The van der Waals surface area contributed by atoms with Crippen LogP contribution in [0.4, 0.5) is 0 Å². The Bertz CT molecular complexity index is 344. The molecule has 0 amide bonds. The molecular weight excluding hydrogens is 174 g/mol. The Morgan fingerprint density at radius 3 is 2.50 bits per heavy atom. The third-order valence-corrected chi connectivity index (χ3v) is 2.38. The topological polar surface area (TPSA) is 52.5 Å². The zero-order valence-corrected chi connectivity index (χ0v) is 9.26. The van der Waals surface area contributed by atoms with Gasteiger partial charge in [0.1, 0.15) is 11.7 Å². The minimum Gasteiger partial charge on any atom is -0.345 e. The lowest BCUT2D eigenvalue weighted by Crippen LogP contribution is -1.96.